The summed E-state index contributed by atoms with van der Waals surface area (Å²) in [5, 5.41) is 5.78. The van der Waals surface area contributed by atoms with Gasteiger partial charge < -0.3 is 15.0 Å². The van der Waals surface area contributed by atoms with E-state index >= 15 is 0 Å². The maximum atomic E-state index is 12.4. The summed E-state index contributed by atoms with van der Waals surface area (Å²) < 4.78 is 5.07. The van der Waals surface area contributed by atoms with E-state index in [0.717, 1.165) is 17.8 Å². The van der Waals surface area contributed by atoms with Crippen LogP contribution < -0.4 is 5.32 Å². The highest BCUT2D eigenvalue weighted by Gasteiger charge is 2.28. The van der Waals surface area contributed by atoms with Crippen molar-refractivity contribution in [2.24, 2.45) is 0 Å². The zero-order valence-corrected chi connectivity index (χ0v) is 14.5. The number of carbonyl (C=O) groups excluding carboxylic acids is 1. The van der Waals surface area contributed by atoms with Gasteiger partial charge in [-0.1, -0.05) is 42.5 Å². The van der Waals surface area contributed by atoms with Crippen molar-refractivity contribution < 1.29 is 9.53 Å². The van der Waals surface area contributed by atoms with Gasteiger partial charge in [0.15, 0.2) is 0 Å². The van der Waals surface area contributed by atoms with Gasteiger partial charge in [-0.3, -0.25) is 0 Å². The SMILES string of the molecule is COC(=O)[C@H](Cc1ccc2ccccc2c1)N1C=C(C)N[C@@H](C)C1. The number of ether oxygens (including phenoxy) is 1. The highest BCUT2D eigenvalue weighted by atomic mass is 16.5. The van der Waals surface area contributed by atoms with Crippen molar-refractivity contribution in [3.05, 3.63) is 59.9 Å². The van der Waals surface area contributed by atoms with E-state index in [4.69, 9.17) is 4.74 Å². The van der Waals surface area contributed by atoms with E-state index in [1.807, 2.05) is 25.3 Å². The number of hydrogen-bond donors (Lipinski definition) is 1. The molecule has 0 amide bonds. The summed E-state index contributed by atoms with van der Waals surface area (Å²) >= 11 is 0. The molecule has 0 aliphatic carbocycles. The summed E-state index contributed by atoms with van der Waals surface area (Å²) in [5.74, 6) is -0.193. The first-order chi connectivity index (χ1) is 11.6. The molecule has 0 radical (unpaired) electrons. The van der Waals surface area contributed by atoms with E-state index < -0.39 is 0 Å². The quantitative estimate of drug-likeness (QED) is 0.878. The Hall–Kier alpha value is -2.49. The Morgan fingerprint density at radius 1 is 1.29 bits per heavy atom. The van der Waals surface area contributed by atoms with Crippen LogP contribution in [0.15, 0.2) is 54.4 Å². The van der Waals surface area contributed by atoms with Crippen LogP contribution in [0.3, 0.4) is 0 Å². The van der Waals surface area contributed by atoms with Crippen molar-refractivity contribution in [1.29, 1.82) is 0 Å². The molecular weight excluding hydrogens is 300 g/mol. The summed E-state index contributed by atoms with van der Waals surface area (Å²) in [5.41, 5.74) is 2.21. The topological polar surface area (TPSA) is 41.6 Å². The molecule has 1 aliphatic rings. The van der Waals surface area contributed by atoms with Crippen LogP contribution >= 0.6 is 0 Å². The number of fused-ring (bicyclic) bond motifs is 1. The van der Waals surface area contributed by atoms with Crippen molar-refractivity contribution in [3.8, 4) is 0 Å². The molecule has 0 aromatic heterocycles. The van der Waals surface area contributed by atoms with Gasteiger partial charge in [0, 0.05) is 30.9 Å². The van der Waals surface area contributed by atoms with Gasteiger partial charge >= 0.3 is 5.97 Å². The Morgan fingerprint density at radius 2 is 2.04 bits per heavy atom. The van der Waals surface area contributed by atoms with Crippen molar-refractivity contribution in [1.82, 2.24) is 10.2 Å². The Bertz CT molecular complexity index is 769. The molecule has 0 bridgehead atoms. The number of allylic oxidation sites excluding steroid dienone is 1. The molecule has 2 atom stereocenters. The van der Waals surface area contributed by atoms with E-state index in [9.17, 15) is 4.79 Å². The largest absolute Gasteiger partial charge is 0.467 e. The van der Waals surface area contributed by atoms with Crippen molar-refractivity contribution in [2.75, 3.05) is 13.7 Å². The second-order valence-electron chi connectivity index (χ2n) is 6.48. The number of nitrogens with one attached hydrogen (secondary N) is 1. The van der Waals surface area contributed by atoms with Gasteiger partial charge in [0.1, 0.15) is 6.04 Å². The third kappa shape index (κ3) is 3.53. The predicted molar refractivity (Wildman–Crippen MR) is 96.5 cm³/mol. The summed E-state index contributed by atoms with van der Waals surface area (Å²) in [4.78, 5) is 14.5. The first-order valence-corrected chi connectivity index (χ1v) is 8.33. The molecule has 3 rings (SSSR count). The zero-order chi connectivity index (χ0) is 17.1. The second-order valence-corrected chi connectivity index (χ2v) is 6.48. The molecule has 1 aliphatic heterocycles. The van der Waals surface area contributed by atoms with Crippen LogP contribution in [-0.2, 0) is 16.0 Å². The van der Waals surface area contributed by atoms with Gasteiger partial charge in [0.05, 0.1) is 7.11 Å². The number of rotatable bonds is 4. The molecule has 126 valence electrons. The number of hydrogen-bond acceptors (Lipinski definition) is 4. The Kier molecular flexibility index (Phi) is 4.74. The molecular formula is C20H24N2O2. The van der Waals surface area contributed by atoms with Gasteiger partial charge in [-0.05, 0) is 30.2 Å². The van der Waals surface area contributed by atoms with Crippen LogP contribution in [0.4, 0.5) is 0 Å². The van der Waals surface area contributed by atoms with E-state index in [-0.39, 0.29) is 12.0 Å². The third-order valence-corrected chi connectivity index (χ3v) is 4.43. The molecule has 2 aromatic carbocycles. The summed E-state index contributed by atoms with van der Waals surface area (Å²) in [6.45, 7) is 4.92. The zero-order valence-electron chi connectivity index (χ0n) is 14.5. The maximum Gasteiger partial charge on any atom is 0.328 e. The van der Waals surface area contributed by atoms with Crippen LogP contribution in [0.25, 0.3) is 10.8 Å². The van der Waals surface area contributed by atoms with Crippen LogP contribution in [-0.4, -0.2) is 36.6 Å². The molecule has 24 heavy (non-hydrogen) atoms. The Morgan fingerprint density at radius 3 is 2.75 bits per heavy atom. The molecule has 2 aromatic rings. The highest BCUT2D eigenvalue weighted by molar-refractivity contribution is 5.83. The first kappa shape index (κ1) is 16.4. The fourth-order valence-corrected chi connectivity index (χ4v) is 3.37. The minimum atomic E-state index is -0.310. The molecule has 0 saturated heterocycles. The monoisotopic (exact) mass is 324 g/mol. The standard InChI is InChI=1S/C20H24N2O2/c1-14-12-22(13-15(2)21-14)19(20(23)24-3)11-16-8-9-17-6-4-5-7-18(17)10-16/h4-10,12,15,19,21H,11,13H2,1-3H3/t15-,19-/m0/s1. The van der Waals surface area contributed by atoms with E-state index in [1.165, 1.54) is 17.9 Å². The van der Waals surface area contributed by atoms with Crippen LogP contribution in [0.1, 0.15) is 19.4 Å². The van der Waals surface area contributed by atoms with Gasteiger partial charge in [-0.2, -0.15) is 0 Å². The number of benzene rings is 2. The Balaban J connectivity index is 1.88. The molecule has 1 N–H and O–H groups in total. The molecule has 1 heterocycles. The summed E-state index contributed by atoms with van der Waals surface area (Å²) in [7, 11) is 1.46. The molecule has 4 heteroatoms. The normalized spacial score (nSPS) is 18.7. The van der Waals surface area contributed by atoms with E-state index in [0.29, 0.717) is 12.5 Å². The summed E-state index contributed by atoms with van der Waals surface area (Å²) in [6, 6.07) is 14.6. The lowest BCUT2D eigenvalue weighted by molar-refractivity contribution is -0.146. The van der Waals surface area contributed by atoms with Crippen LogP contribution in [0.5, 0.6) is 0 Å². The molecule has 0 fully saturated rings. The smallest absolute Gasteiger partial charge is 0.328 e. The lowest BCUT2D eigenvalue weighted by Crippen LogP contribution is -2.49. The number of carbonyl (C=O) groups is 1. The van der Waals surface area contributed by atoms with Crippen LogP contribution in [0, 0.1) is 0 Å². The first-order valence-electron chi connectivity index (χ1n) is 8.33. The molecule has 0 unspecified atom stereocenters. The molecule has 0 spiro atoms. The number of esters is 1. The third-order valence-electron chi connectivity index (χ3n) is 4.43. The molecule has 4 nitrogen and oxygen atoms in total. The van der Waals surface area contributed by atoms with Crippen molar-refractivity contribution in [3.63, 3.8) is 0 Å². The maximum absolute atomic E-state index is 12.4. The minimum absolute atomic E-state index is 0.193. The van der Waals surface area contributed by atoms with Gasteiger partial charge in [-0.25, -0.2) is 4.79 Å². The lowest BCUT2D eigenvalue weighted by Gasteiger charge is -2.36. The van der Waals surface area contributed by atoms with Crippen molar-refractivity contribution in [2.45, 2.75) is 32.4 Å². The van der Waals surface area contributed by atoms with Gasteiger partial charge in [0.25, 0.3) is 0 Å². The average Bonchev–Trinajstić information content (AvgIpc) is 2.58. The highest BCUT2D eigenvalue weighted by Crippen LogP contribution is 2.20. The van der Waals surface area contributed by atoms with Crippen LogP contribution in [0.2, 0.25) is 0 Å². The van der Waals surface area contributed by atoms with E-state index in [1.54, 1.807) is 0 Å². The second kappa shape index (κ2) is 6.95. The average molecular weight is 324 g/mol. The van der Waals surface area contributed by atoms with Gasteiger partial charge in [0.2, 0.25) is 0 Å². The minimum Gasteiger partial charge on any atom is -0.467 e. The summed E-state index contributed by atoms with van der Waals surface area (Å²) in [6.07, 6.45) is 2.65. The Labute approximate surface area is 143 Å². The van der Waals surface area contributed by atoms with E-state index in [2.05, 4.69) is 47.5 Å². The lowest BCUT2D eigenvalue weighted by atomic mass is 10.00. The van der Waals surface area contributed by atoms with Crippen molar-refractivity contribution >= 4 is 16.7 Å². The number of methoxy groups -OCH3 is 1. The molecule has 0 saturated carbocycles. The number of nitrogens with zero attached hydrogens (tertiary/aromatic N) is 1. The predicted octanol–water partition coefficient (Wildman–Crippen LogP) is 3.08. The fourth-order valence-electron chi connectivity index (χ4n) is 3.37. The fraction of sp³-hybridized carbons (Fsp3) is 0.350. The van der Waals surface area contributed by atoms with Gasteiger partial charge in [-0.15, -0.1) is 0 Å².